The third-order valence-corrected chi connectivity index (χ3v) is 7.43. The first-order chi connectivity index (χ1) is 14.6. The molecular weight excluding hydrogens is 378 g/mol. The molecule has 164 valence electrons. The molecular formula is C24H35N3O3. The van der Waals surface area contributed by atoms with Gasteiger partial charge in [-0.3, -0.25) is 14.5 Å². The van der Waals surface area contributed by atoms with Crippen molar-refractivity contribution < 1.29 is 14.3 Å². The molecule has 0 radical (unpaired) electrons. The van der Waals surface area contributed by atoms with Crippen LogP contribution in [0, 0.1) is 0 Å². The minimum absolute atomic E-state index is 0.00836. The SMILES string of the molecule is COc1ccc(C2(CNC(=O)CC3C(=O)NCCN3C3CCCC3)CCCC2)cc1. The molecule has 6 heteroatoms. The Balaban J connectivity index is 1.40. The quantitative estimate of drug-likeness (QED) is 0.721. The number of nitrogens with one attached hydrogen (secondary N) is 2. The van der Waals surface area contributed by atoms with Crippen LogP contribution in [0.4, 0.5) is 0 Å². The minimum Gasteiger partial charge on any atom is -0.497 e. The summed E-state index contributed by atoms with van der Waals surface area (Å²) in [5.41, 5.74) is 1.26. The molecule has 1 unspecified atom stereocenters. The molecule has 2 N–H and O–H groups in total. The lowest BCUT2D eigenvalue weighted by Crippen LogP contribution is -2.59. The van der Waals surface area contributed by atoms with Gasteiger partial charge in [0.2, 0.25) is 11.8 Å². The van der Waals surface area contributed by atoms with Crippen molar-refractivity contribution in [3.63, 3.8) is 0 Å². The molecule has 1 atom stereocenters. The largest absolute Gasteiger partial charge is 0.497 e. The zero-order valence-electron chi connectivity index (χ0n) is 18.1. The third-order valence-electron chi connectivity index (χ3n) is 7.43. The van der Waals surface area contributed by atoms with Crippen molar-refractivity contribution in [2.24, 2.45) is 0 Å². The van der Waals surface area contributed by atoms with Crippen LogP contribution < -0.4 is 15.4 Å². The second-order valence-corrected chi connectivity index (χ2v) is 9.18. The van der Waals surface area contributed by atoms with Crippen LogP contribution in [0.2, 0.25) is 0 Å². The van der Waals surface area contributed by atoms with Gasteiger partial charge >= 0.3 is 0 Å². The molecule has 1 saturated heterocycles. The number of hydrogen-bond acceptors (Lipinski definition) is 4. The van der Waals surface area contributed by atoms with Gasteiger partial charge in [-0.05, 0) is 43.4 Å². The van der Waals surface area contributed by atoms with Crippen LogP contribution >= 0.6 is 0 Å². The normalized spacial score (nSPS) is 24.6. The Morgan fingerprint density at radius 3 is 2.53 bits per heavy atom. The molecule has 2 amide bonds. The molecule has 1 aromatic rings. The number of piperazine rings is 1. The van der Waals surface area contributed by atoms with Crippen LogP contribution in [-0.4, -0.2) is 55.5 Å². The first kappa shape index (κ1) is 21.2. The van der Waals surface area contributed by atoms with Crippen molar-refractivity contribution in [2.45, 2.75) is 75.3 Å². The van der Waals surface area contributed by atoms with Crippen molar-refractivity contribution in [1.82, 2.24) is 15.5 Å². The first-order valence-electron chi connectivity index (χ1n) is 11.6. The minimum atomic E-state index is -0.331. The maximum atomic E-state index is 12.9. The van der Waals surface area contributed by atoms with E-state index in [0.717, 1.165) is 38.0 Å². The number of carbonyl (C=O) groups excluding carboxylic acids is 2. The number of ether oxygens (including phenoxy) is 1. The maximum Gasteiger partial charge on any atom is 0.237 e. The van der Waals surface area contributed by atoms with Crippen LogP contribution in [0.15, 0.2) is 24.3 Å². The molecule has 0 aromatic heterocycles. The van der Waals surface area contributed by atoms with Gasteiger partial charge in [0, 0.05) is 31.1 Å². The monoisotopic (exact) mass is 413 g/mol. The number of hydrogen-bond donors (Lipinski definition) is 2. The smallest absolute Gasteiger partial charge is 0.237 e. The van der Waals surface area contributed by atoms with Crippen LogP contribution in [0.5, 0.6) is 5.75 Å². The molecule has 4 rings (SSSR count). The molecule has 3 aliphatic rings. The highest BCUT2D eigenvalue weighted by molar-refractivity contribution is 5.88. The van der Waals surface area contributed by atoms with E-state index in [2.05, 4.69) is 27.7 Å². The number of rotatable bonds is 7. The molecule has 1 aliphatic heterocycles. The van der Waals surface area contributed by atoms with Crippen molar-refractivity contribution in [3.05, 3.63) is 29.8 Å². The Morgan fingerprint density at radius 2 is 1.87 bits per heavy atom. The van der Waals surface area contributed by atoms with Crippen molar-refractivity contribution >= 4 is 11.8 Å². The fraction of sp³-hybridized carbons (Fsp3) is 0.667. The molecule has 6 nitrogen and oxygen atoms in total. The maximum absolute atomic E-state index is 12.9. The standard InChI is InChI=1S/C24H35N3O3/c1-30-20-10-8-18(9-11-20)24(12-4-5-13-24)17-26-22(28)16-21-23(29)25-14-15-27(21)19-6-2-3-7-19/h8-11,19,21H,2-7,12-17H2,1H3,(H,25,29)(H,26,28). The summed E-state index contributed by atoms with van der Waals surface area (Å²) < 4.78 is 5.30. The van der Waals surface area contributed by atoms with E-state index in [4.69, 9.17) is 4.74 Å². The molecule has 3 fully saturated rings. The summed E-state index contributed by atoms with van der Waals surface area (Å²) in [6, 6.07) is 8.39. The molecule has 0 spiro atoms. The summed E-state index contributed by atoms with van der Waals surface area (Å²) >= 11 is 0. The number of amides is 2. The zero-order valence-corrected chi connectivity index (χ0v) is 18.1. The summed E-state index contributed by atoms with van der Waals surface area (Å²) in [5.74, 6) is 0.847. The number of nitrogens with zero attached hydrogens (tertiary/aromatic N) is 1. The van der Waals surface area contributed by atoms with Crippen LogP contribution in [0.1, 0.15) is 63.4 Å². The second kappa shape index (κ2) is 9.38. The average molecular weight is 414 g/mol. The fourth-order valence-electron chi connectivity index (χ4n) is 5.69. The molecule has 1 aromatic carbocycles. The molecule has 2 aliphatic carbocycles. The van der Waals surface area contributed by atoms with Gasteiger partial charge in [0.15, 0.2) is 0 Å². The highest BCUT2D eigenvalue weighted by Crippen LogP contribution is 2.41. The van der Waals surface area contributed by atoms with Gasteiger partial charge in [-0.25, -0.2) is 0 Å². The van der Waals surface area contributed by atoms with Crippen molar-refractivity contribution in [3.8, 4) is 5.75 Å². The van der Waals surface area contributed by atoms with E-state index in [-0.39, 0.29) is 29.7 Å². The Hall–Kier alpha value is -2.08. The average Bonchev–Trinajstić information content (AvgIpc) is 3.47. The summed E-state index contributed by atoms with van der Waals surface area (Å²) in [6.07, 6.45) is 9.53. The molecule has 30 heavy (non-hydrogen) atoms. The van der Waals surface area contributed by atoms with E-state index in [0.29, 0.717) is 19.1 Å². The molecule has 0 bridgehead atoms. The van der Waals surface area contributed by atoms with E-state index < -0.39 is 0 Å². The van der Waals surface area contributed by atoms with E-state index >= 15 is 0 Å². The highest BCUT2D eigenvalue weighted by Gasteiger charge is 2.39. The van der Waals surface area contributed by atoms with Crippen LogP contribution in [0.3, 0.4) is 0 Å². The Morgan fingerprint density at radius 1 is 1.17 bits per heavy atom. The lowest BCUT2D eigenvalue weighted by Gasteiger charge is -2.39. The predicted molar refractivity (Wildman–Crippen MR) is 117 cm³/mol. The summed E-state index contributed by atoms with van der Waals surface area (Å²) in [6.45, 7) is 2.17. The van der Waals surface area contributed by atoms with E-state index in [1.54, 1.807) is 7.11 Å². The lowest BCUT2D eigenvalue weighted by molar-refractivity contribution is -0.135. The van der Waals surface area contributed by atoms with Gasteiger partial charge in [-0.1, -0.05) is 37.8 Å². The van der Waals surface area contributed by atoms with Gasteiger partial charge in [0.25, 0.3) is 0 Å². The van der Waals surface area contributed by atoms with Gasteiger partial charge in [-0.2, -0.15) is 0 Å². The third kappa shape index (κ3) is 4.48. The number of methoxy groups -OCH3 is 1. The summed E-state index contributed by atoms with van der Waals surface area (Å²) in [7, 11) is 1.68. The number of carbonyl (C=O) groups is 2. The van der Waals surface area contributed by atoms with E-state index in [9.17, 15) is 9.59 Å². The summed E-state index contributed by atoms with van der Waals surface area (Å²) in [4.78, 5) is 27.8. The van der Waals surface area contributed by atoms with Gasteiger partial charge in [-0.15, -0.1) is 0 Å². The van der Waals surface area contributed by atoms with Crippen molar-refractivity contribution in [1.29, 1.82) is 0 Å². The van der Waals surface area contributed by atoms with Crippen LogP contribution in [-0.2, 0) is 15.0 Å². The Labute approximate surface area is 179 Å². The van der Waals surface area contributed by atoms with Crippen LogP contribution in [0.25, 0.3) is 0 Å². The van der Waals surface area contributed by atoms with Crippen molar-refractivity contribution in [2.75, 3.05) is 26.7 Å². The van der Waals surface area contributed by atoms with Gasteiger partial charge in [0.05, 0.1) is 19.6 Å². The van der Waals surface area contributed by atoms with Gasteiger partial charge in [0.1, 0.15) is 5.75 Å². The topological polar surface area (TPSA) is 70.7 Å². The van der Waals surface area contributed by atoms with Gasteiger partial charge < -0.3 is 15.4 Å². The van der Waals surface area contributed by atoms with E-state index in [1.165, 1.54) is 31.2 Å². The Bertz CT molecular complexity index is 737. The highest BCUT2D eigenvalue weighted by atomic mass is 16.5. The first-order valence-corrected chi connectivity index (χ1v) is 11.6. The molecule has 2 saturated carbocycles. The second-order valence-electron chi connectivity index (χ2n) is 9.18. The summed E-state index contributed by atoms with van der Waals surface area (Å²) in [5, 5.41) is 6.15. The predicted octanol–water partition coefficient (Wildman–Crippen LogP) is 2.76. The molecule has 1 heterocycles. The fourth-order valence-corrected chi connectivity index (χ4v) is 5.69. The Kier molecular flexibility index (Phi) is 6.61. The lowest BCUT2D eigenvalue weighted by atomic mass is 9.78. The van der Waals surface area contributed by atoms with E-state index in [1.807, 2.05) is 12.1 Å². The zero-order chi connectivity index (χ0) is 21.0. The number of benzene rings is 1.